The van der Waals surface area contributed by atoms with Crippen LogP contribution in [-0.4, -0.2) is 77.1 Å². The number of carbonyl (C=O) groups excluding carboxylic acids is 1. The van der Waals surface area contributed by atoms with Crippen molar-refractivity contribution in [2.75, 3.05) is 49.2 Å². The van der Waals surface area contributed by atoms with Crippen molar-refractivity contribution in [2.24, 2.45) is 0 Å². The number of nitro groups is 1. The van der Waals surface area contributed by atoms with Gasteiger partial charge in [-0.2, -0.15) is 0 Å². The zero-order valence-corrected chi connectivity index (χ0v) is 21.1. The molecule has 0 bridgehead atoms. The van der Waals surface area contributed by atoms with E-state index in [0.717, 1.165) is 11.1 Å². The Kier molecular flexibility index (Phi) is 7.11. The van der Waals surface area contributed by atoms with Gasteiger partial charge in [-0.05, 0) is 47.4 Å². The molecule has 0 radical (unpaired) electrons. The lowest BCUT2D eigenvalue weighted by Gasteiger charge is -2.34. The van der Waals surface area contributed by atoms with E-state index in [2.05, 4.69) is 0 Å². The van der Waals surface area contributed by atoms with Crippen molar-refractivity contribution in [2.45, 2.75) is 30.5 Å². The van der Waals surface area contributed by atoms with Gasteiger partial charge in [0.25, 0.3) is 0 Å². The molecule has 0 spiro atoms. The second-order valence-electron chi connectivity index (χ2n) is 8.57. The first-order valence-electron chi connectivity index (χ1n) is 11.4. The molecule has 0 amide bonds. The second kappa shape index (κ2) is 10.1. The largest absolute Gasteiger partial charge is 0.493 e. The number of benzene rings is 2. The molecular formula is C25H30N2O9. The highest BCUT2D eigenvalue weighted by molar-refractivity contribution is 5.79. The molecule has 1 saturated heterocycles. The molecular weight excluding hydrogens is 472 g/mol. The van der Waals surface area contributed by atoms with Crippen LogP contribution in [0.1, 0.15) is 28.7 Å². The van der Waals surface area contributed by atoms with Crippen molar-refractivity contribution < 1.29 is 38.1 Å². The summed E-state index contributed by atoms with van der Waals surface area (Å²) in [7, 11) is 8.76. The third kappa shape index (κ3) is 3.93. The van der Waals surface area contributed by atoms with Gasteiger partial charge in [0, 0.05) is 11.5 Å². The molecule has 2 aliphatic heterocycles. The van der Waals surface area contributed by atoms with Crippen molar-refractivity contribution in [3.8, 4) is 28.7 Å². The van der Waals surface area contributed by atoms with Crippen LogP contribution in [-0.2, 0) is 16.0 Å². The zero-order valence-electron chi connectivity index (χ0n) is 21.1. The van der Waals surface area contributed by atoms with Crippen molar-refractivity contribution in [3.63, 3.8) is 0 Å². The highest BCUT2D eigenvalue weighted by Gasteiger charge is 2.61. The maximum atomic E-state index is 13.2. The molecule has 0 N–H and O–H groups in total. The van der Waals surface area contributed by atoms with Gasteiger partial charge in [0.1, 0.15) is 12.1 Å². The Balaban J connectivity index is 1.95. The Labute approximate surface area is 208 Å². The van der Waals surface area contributed by atoms with Crippen LogP contribution in [0.15, 0.2) is 24.3 Å². The standard InChI is InChI=1S/C25H30N2O9/c1-31-16-9-13-7-8-26-21(15(13)12-17(16)32-2)22(27(29)30)20(23(26)25(28)36-6)14-10-18(33-3)24(35-5)19(11-14)34-4/h9-12,20-23H,7-8H2,1-6H3/t20-,21-,22-,23+/m1/s1. The maximum absolute atomic E-state index is 13.2. The van der Waals surface area contributed by atoms with E-state index < -0.39 is 30.0 Å². The summed E-state index contributed by atoms with van der Waals surface area (Å²) in [5.74, 6) is 0.645. The zero-order chi connectivity index (χ0) is 26.1. The number of esters is 1. The Morgan fingerprint density at radius 3 is 1.97 bits per heavy atom. The summed E-state index contributed by atoms with van der Waals surface area (Å²) in [6.45, 7) is 0.429. The first kappa shape index (κ1) is 25.4. The van der Waals surface area contributed by atoms with Crippen LogP contribution in [0.4, 0.5) is 0 Å². The summed E-state index contributed by atoms with van der Waals surface area (Å²) < 4.78 is 32.5. The van der Waals surface area contributed by atoms with Crippen molar-refractivity contribution in [3.05, 3.63) is 51.1 Å². The summed E-state index contributed by atoms with van der Waals surface area (Å²) in [5.41, 5.74) is 2.15. The molecule has 2 aromatic rings. The minimum atomic E-state index is -1.17. The molecule has 2 aliphatic rings. The molecule has 194 valence electrons. The predicted octanol–water partition coefficient (Wildman–Crippen LogP) is 2.61. The Morgan fingerprint density at radius 2 is 1.47 bits per heavy atom. The van der Waals surface area contributed by atoms with E-state index in [9.17, 15) is 14.9 Å². The summed E-state index contributed by atoms with van der Waals surface area (Å²) >= 11 is 0. The SMILES string of the molecule is COC(=O)[C@@H]1[C@H](c2cc(OC)c(OC)c(OC)c2)[C@@H]([N+](=O)[O-])[C@H]2c3cc(OC)c(OC)cc3CCN12. The van der Waals surface area contributed by atoms with Crippen molar-refractivity contribution in [1.29, 1.82) is 0 Å². The Morgan fingerprint density at radius 1 is 0.889 bits per heavy atom. The second-order valence-corrected chi connectivity index (χ2v) is 8.57. The highest BCUT2D eigenvalue weighted by Crippen LogP contribution is 2.53. The van der Waals surface area contributed by atoms with E-state index in [-0.39, 0.29) is 4.92 Å². The molecule has 36 heavy (non-hydrogen) atoms. The van der Waals surface area contributed by atoms with Crippen molar-refractivity contribution >= 4 is 5.97 Å². The first-order valence-corrected chi connectivity index (χ1v) is 11.4. The average molecular weight is 503 g/mol. The lowest BCUT2D eigenvalue weighted by atomic mass is 9.83. The number of hydrogen-bond acceptors (Lipinski definition) is 10. The molecule has 4 atom stereocenters. The van der Waals surface area contributed by atoms with Gasteiger partial charge in [0.05, 0.1) is 48.6 Å². The highest BCUT2D eigenvalue weighted by atomic mass is 16.6. The average Bonchev–Trinajstić information content (AvgIpc) is 3.26. The molecule has 0 aromatic heterocycles. The molecule has 4 rings (SSSR count). The van der Waals surface area contributed by atoms with Gasteiger partial charge in [-0.1, -0.05) is 0 Å². The number of nitrogens with zero attached hydrogens (tertiary/aromatic N) is 2. The summed E-state index contributed by atoms with van der Waals surface area (Å²) in [5, 5.41) is 12.7. The molecule has 0 aliphatic carbocycles. The third-order valence-corrected chi connectivity index (χ3v) is 7.11. The number of fused-ring (bicyclic) bond motifs is 3. The fraction of sp³-hybridized carbons (Fsp3) is 0.480. The van der Waals surface area contributed by atoms with Crippen LogP contribution < -0.4 is 23.7 Å². The minimum Gasteiger partial charge on any atom is -0.493 e. The molecule has 2 aromatic carbocycles. The normalized spacial score (nSPS) is 22.7. The molecule has 0 unspecified atom stereocenters. The lowest BCUT2D eigenvalue weighted by Crippen LogP contribution is -2.43. The van der Waals surface area contributed by atoms with Gasteiger partial charge in [0.2, 0.25) is 11.8 Å². The molecule has 11 nitrogen and oxygen atoms in total. The topological polar surface area (TPSA) is 119 Å². The number of rotatable bonds is 8. The van der Waals surface area contributed by atoms with Crippen LogP contribution in [0.2, 0.25) is 0 Å². The van der Waals surface area contributed by atoms with Crippen molar-refractivity contribution in [1.82, 2.24) is 4.90 Å². The number of hydrogen-bond donors (Lipinski definition) is 0. The van der Waals surface area contributed by atoms with Crippen LogP contribution in [0.5, 0.6) is 28.7 Å². The number of carbonyl (C=O) groups is 1. The Hall–Kier alpha value is -3.73. The molecule has 2 heterocycles. The van der Waals surface area contributed by atoms with Crippen LogP contribution in [0.3, 0.4) is 0 Å². The number of methoxy groups -OCH3 is 6. The van der Waals surface area contributed by atoms with E-state index in [4.69, 9.17) is 28.4 Å². The summed E-state index contributed by atoms with van der Waals surface area (Å²) in [6, 6.07) is 4.17. The van der Waals surface area contributed by atoms with Gasteiger partial charge < -0.3 is 28.4 Å². The van der Waals surface area contributed by atoms with Gasteiger partial charge in [0.15, 0.2) is 23.0 Å². The van der Waals surface area contributed by atoms with Gasteiger partial charge in [-0.3, -0.25) is 19.8 Å². The van der Waals surface area contributed by atoms with E-state index >= 15 is 0 Å². The van der Waals surface area contributed by atoms with E-state index in [1.54, 1.807) is 25.3 Å². The minimum absolute atomic E-state index is 0.319. The van der Waals surface area contributed by atoms with Crippen LogP contribution in [0.25, 0.3) is 0 Å². The van der Waals surface area contributed by atoms with E-state index in [1.807, 2.05) is 11.0 Å². The van der Waals surface area contributed by atoms with E-state index in [1.165, 1.54) is 35.5 Å². The molecule has 0 saturated carbocycles. The first-order chi connectivity index (χ1) is 17.3. The monoisotopic (exact) mass is 502 g/mol. The van der Waals surface area contributed by atoms with Gasteiger partial charge >= 0.3 is 5.97 Å². The third-order valence-electron chi connectivity index (χ3n) is 7.11. The van der Waals surface area contributed by atoms with Gasteiger partial charge in [-0.25, -0.2) is 0 Å². The van der Waals surface area contributed by atoms with E-state index in [0.29, 0.717) is 47.3 Å². The number of ether oxygens (including phenoxy) is 6. The lowest BCUT2D eigenvalue weighted by molar-refractivity contribution is -0.529. The quantitative estimate of drug-likeness (QED) is 0.303. The summed E-state index contributed by atoms with van der Waals surface area (Å²) in [6.07, 6.45) is 0.575. The fourth-order valence-electron chi connectivity index (χ4n) is 5.60. The maximum Gasteiger partial charge on any atom is 0.324 e. The smallest absolute Gasteiger partial charge is 0.324 e. The van der Waals surface area contributed by atoms with Crippen LogP contribution in [0, 0.1) is 10.1 Å². The molecule has 1 fully saturated rings. The Bertz CT molecular complexity index is 1140. The molecule has 11 heteroatoms. The summed E-state index contributed by atoms with van der Waals surface area (Å²) in [4.78, 5) is 27.4. The van der Waals surface area contributed by atoms with Gasteiger partial charge in [-0.15, -0.1) is 0 Å². The fourth-order valence-corrected chi connectivity index (χ4v) is 5.60. The van der Waals surface area contributed by atoms with Crippen LogP contribution >= 0.6 is 0 Å². The predicted molar refractivity (Wildman–Crippen MR) is 128 cm³/mol.